The first-order valence-corrected chi connectivity index (χ1v) is 8.06. The van der Waals surface area contributed by atoms with Crippen LogP contribution in [-0.2, 0) is 11.0 Å². The second-order valence-corrected chi connectivity index (χ2v) is 5.98. The number of alkyl halides is 3. The molecule has 0 atom stereocenters. The maximum absolute atomic E-state index is 12.6. The van der Waals surface area contributed by atoms with Gasteiger partial charge in [0.15, 0.2) is 5.75 Å². The molecule has 1 aromatic heterocycles. The van der Waals surface area contributed by atoms with Gasteiger partial charge >= 0.3 is 6.18 Å². The Labute approximate surface area is 156 Å². The van der Waals surface area contributed by atoms with Gasteiger partial charge in [0.2, 0.25) is 5.91 Å². The van der Waals surface area contributed by atoms with E-state index in [4.69, 9.17) is 27.9 Å². The normalized spacial score (nSPS) is 11.3. The Morgan fingerprint density at radius 3 is 2.50 bits per heavy atom. The highest BCUT2D eigenvalue weighted by Gasteiger charge is 2.30. The number of phenols is 1. The predicted molar refractivity (Wildman–Crippen MR) is 90.7 cm³/mol. The van der Waals surface area contributed by atoms with E-state index in [1.54, 1.807) is 0 Å². The van der Waals surface area contributed by atoms with Gasteiger partial charge in [-0.3, -0.25) is 4.79 Å². The number of amides is 1. The van der Waals surface area contributed by atoms with E-state index in [0.29, 0.717) is 0 Å². The number of phenolic OH excluding ortho intramolecular Hbond substituents is 1. The highest BCUT2D eigenvalue weighted by atomic mass is 35.5. The van der Waals surface area contributed by atoms with Gasteiger partial charge in [0, 0.05) is 24.8 Å². The molecule has 0 saturated heterocycles. The molecular weight excluding hydrogens is 396 g/mol. The lowest BCUT2D eigenvalue weighted by atomic mass is 10.2. The summed E-state index contributed by atoms with van der Waals surface area (Å²) in [6.07, 6.45) is -3.29. The second kappa shape index (κ2) is 8.46. The van der Waals surface area contributed by atoms with Crippen molar-refractivity contribution in [3.8, 4) is 11.5 Å². The minimum Gasteiger partial charge on any atom is -0.508 e. The summed E-state index contributed by atoms with van der Waals surface area (Å²) in [6, 6.07) is 4.09. The molecule has 0 bridgehead atoms. The van der Waals surface area contributed by atoms with Gasteiger partial charge in [0.25, 0.3) is 0 Å². The summed E-state index contributed by atoms with van der Waals surface area (Å²) in [5.41, 5.74) is -0.900. The maximum Gasteiger partial charge on any atom is 0.416 e. The van der Waals surface area contributed by atoms with E-state index in [0.717, 1.165) is 18.3 Å². The summed E-state index contributed by atoms with van der Waals surface area (Å²) in [4.78, 5) is 15.5. The molecule has 1 aromatic carbocycles. The number of pyridine rings is 1. The number of carbonyl (C=O) groups excluding carboxylic acids is 1. The molecule has 10 heteroatoms. The van der Waals surface area contributed by atoms with Crippen molar-refractivity contribution < 1.29 is 27.8 Å². The number of halogens is 5. The van der Waals surface area contributed by atoms with Crippen LogP contribution in [0.15, 0.2) is 30.5 Å². The molecule has 2 N–H and O–H groups in total. The first-order chi connectivity index (χ1) is 12.2. The van der Waals surface area contributed by atoms with Crippen LogP contribution in [-0.4, -0.2) is 22.6 Å². The number of anilines is 1. The van der Waals surface area contributed by atoms with E-state index < -0.39 is 17.6 Å². The van der Waals surface area contributed by atoms with Crippen LogP contribution in [0.25, 0.3) is 0 Å². The van der Waals surface area contributed by atoms with Gasteiger partial charge in [-0.1, -0.05) is 23.2 Å². The topological polar surface area (TPSA) is 71.5 Å². The zero-order chi connectivity index (χ0) is 19.3. The van der Waals surface area contributed by atoms with Crippen LogP contribution in [0.4, 0.5) is 19.0 Å². The highest BCUT2D eigenvalue weighted by molar-refractivity contribution is 6.37. The largest absolute Gasteiger partial charge is 0.508 e. The van der Waals surface area contributed by atoms with Gasteiger partial charge in [0.1, 0.15) is 11.6 Å². The Kier molecular flexibility index (Phi) is 6.55. The van der Waals surface area contributed by atoms with E-state index in [2.05, 4.69) is 10.3 Å². The van der Waals surface area contributed by atoms with Crippen LogP contribution in [0, 0.1) is 0 Å². The fraction of sp³-hybridized carbons (Fsp3) is 0.250. The molecular formula is C16H13Cl2F3N2O3. The maximum atomic E-state index is 12.6. The van der Waals surface area contributed by atoms with E-state index >= 15 is 0 Å². The Hall–Kier alpha value is -2.19. The molecule has 0 aliphatic heterocycles. The third-order valence-corrected chi connectivity index (χ3v) is 3.69. The Morgan fingerprint density at radius 2 is 1.88 bits per heavy atom. The van der Waals surface area contributed by atoms with Crippen molar-refractivity contribution >= 4 is 34.9 Å². The predicted octanol–water partition coefficient (Wildman–Crippen LogP) is 4.91. The van der Waals surface area contributed by atoms with Crippen molar-refractivity contribution in [2.45, 2.75) is 19.0 Å². The second-order valence-electron chi connectivity index (χ2n) is 5.17. The quantitative estimate of drug-likeness (QED) is 0.666. The molecule has 0 saturated carbocycles. The molecule has 26 heavy (non-hydrogen) atoms. The third-order valence-electron chi connectivity index (χ3n) is 3.13. The van der Waals surface area contributed by atoms with Crippen LogP contribution in [0.3, 0.4) is 0 Å². The van der Waals surface area contributed by atoms with Crippen molar-refractivity contribution in [2.24, 2.45) is 0 Å². The smallest absolute Gasteiger partial charge is 0.416 e. The molecule has 140 valence electrons. The Balaban J connectivity index is 1.83. The van der Waals surface area contributed by atoms with Crippen molar-refractivity contribution in [1.82, 2.24) is 4.98 Å². The number of aromatic nitrogens is 1. The molecule has 2 rings (SSSR count). The number of hydrogen-bond donors (Lipinski definition) is 2. The zero-order valence-electron chi connectivity index (χ0n) is 13.1. The lowest BCUT2D eigenvalue weighted by Gasteiger charge is -2.11. The average Bonchev–Trinajstić information content (AvgIpc) is 2.52. The lowest BCUT2D eigenvalue weighted by Crippen LogP contribution is -2.15. The van der Waals surface area contributed by atoms with Crippen molar-refractivity contribution in [3.63, 3.8) is 0 Å². The number of carbonyl (C=O) groups is 1. The minimum atomic E-state index is -4.51. The summed E-state index contributed by atoms with van der Waals surface area (Å²) < 4.78 is 43.2. The van der Waals surface area contributed by atoms with E-state index in [1.807, 2.05) is 0 Å². The highest BCUT2D eigenvalue weighted by Crippen LogP contribution is 2.36. The standard InChI is InChI=1S/C16H13Cl2F3N2O3/c17-11-7-10(24)8-12(18)15(11)26-5-1-2-14(25)23-13-6-9(3-4-22-13)16(19,20)21/h3-4,6-8,24H,1-2,5H2,(H,22,23,25). The van der Waals surface area contributed by atoms with Crippen LogP contribution in [0.5, 0.6) is 11.5 Å². The molecule has 1 amide bonds. The summed E-state index contributed by atoms with van der Waals surface area (Å²) in [5.74, 6) is -0.634. The van der Waals surface area contributed by atoms with Crippen molar-refractivity contribution in [1.29, 1.82) is 0 Å². The van der Waals surface area contributed by atoms with E-state index in [1.165, 1.54) is 12.1 Å². The van der Waals surface area contributed by atoms with E-state index in [9.17, 15) is 23.1 Å². The summed E-state index contributed by atoms with van der Waals surface area (Å²) in [5, 5.41) is 11.8. The Morgan fingerprint density at radius 1 is 1.23 bits per heavy atom. The monoisotopic (exact) mass is 408 g/mol. The zero-order valence-corrected chi connectivity index (χ0v) is 14.6. The number of hydrogen-bond acceptors (Lipinski definition) is 4. The average molecular weight is 409 g/mol. The number of aromatic hydroxyl groups is 1. The van der Waals surface area contributed by atoms with Crippen LogP contribution in [0.1, 0.15) is 18.4 Å². The molecule has 5 nitrogen and oxygen atoms in total. The van der Waals surface area contributed by atoms with Crippen molar-refractivity contribution in [3.05, 3.63) is 46.1 Å². The SMILES string of the molecule is O=C(CCCOc1c(Cl)cc(O)cc1Cl)Nc1cc(C(F)(F)F)ccn1. The summed E-state index contributed by atoms with van der Waals surface area (Å²) in [7, 11) is 0. The number of benzene rings is 1. The van der Waals surface area contributed by atoms with Crippen LogP contribution >= 0.6 is 23.2 Å². The Bertz CT molecular complexity index is 778. The molecule has 0 radical (unpaired) electrons. The molecule has 0 unspecified atom stereocenters. The summed E-state index contributed by atoms with van der Waals surface area (Å²) in [6.45, 7) is 0.0909. The van der Waals surface area contributed by atoms with Gasteiger partial charge in [-0.05, 0) is 18.6 Å². The number of rotatable bonds is 6. The molecule has 0 aliphatic carbocycles. The van der Waals surface area contributed by atoms with E-state index in [-0.39, 0.29) is 46.8 Å². The molecule has 0 spiro atoms. The number of ether oxygens (including phenoxy) is 1. The van der Waals surface area contributed by atoms with Crippen LogP contribution in [0.2, 0.25) is 10.0 Å². The van der Waals surface area contributed by atoms with Gasteiger partial charge in [0.05, 0.1) is 22.2 Å². The van der Waals surface area contributed by atoms with Crippen molar-refractivity contribution in [2.75, 3.05) is 11.9 Å². The van der Waals surface area contributed by atoms with Crippen LogP contribution < -0.4 is 10.1 Å². The minimum absolute atomic E-state index is 0.00868. The molecule has 2 aromatic rings. The third kappa shape index (κ3) is 5.67. The lowest BCUT2D eigenvalue weighted by molar-refractivity contribution is -0.137. The van der Waals surface area contributed by atoms with Gasteiger partial charge < -0.3 is 15.2 Å². The van der Waals surface area contributed by atoms with Gasteiger partial charge in [-0.2, -0.15) is 13.2 Å². The molecule has 1 heterocycles. The number of nitrogens with one attached hydrogen (secondary N) is 1. The first kappa shape index (κ1) is 20.1. The first-order valence-electron chi connectivity index (χ1n) is 7.30. The number of nitrogens with zero attached hydrogens (tertiary/aromatic N) is 1. The fourth-order valence-corrected chi connectivity index (χ4v) is 2.56. The molecule has 0 aliphatic rings. The molecule has 0 fully saturated rings. The van der Waals surface area contributed by atoms with Gasteiger partial charge in [-0.25, -0.2) is 4.98 Å². The fourth-order valence-electron chi connectivity index (χ4n) is 1.97. The summed E-state index contributed by atoms with van der Waals surface area (Å²) >= 11 is 11.8. The van der Waals surface area contributed by atoms with Gasteiger partial charge in [-0.15, -0.1) is 0 Å².